The molecule has 3 heterocycles. The van der Waals surface area contributed by atoms with Crippen LogP contribution in [0.1, 0.15) is 18.7 Å². The van der Waals surface area contributed by atoms with Crippen molar-refractivity contribution in [3.05, 3.63) is 5.89 Å². The third-order valence-electron chi connectivity index (χ3n) is 3.91. The van der Waals surface area contributed by atoms with E-state index in [1.807, 2.05) is 19.0 Å². The highest BCUT2D eigenvalue weighted by Crippen LogP contribution is 2.28. The molecule has 1 amide bonds. The van der Waals surface area contributed by atoms with E-state index in [4.69, 9.17) is 4.52 Å². The van der Waals surface area contributed by atoms with E-state index in [0.717, 1.165) is 25.9 Å². The lowest BCUT2D eigenvalue weighted by Gasteiger charge is -2.34. The number of anilines is 1. The molecule has 0 aliphatic carbocycles. The summed E-state index contributed by atoms with van der Waals surface area (Å²) in [5.41, 5.74) is 0. The first-order chi connectivity index (χ1) is 9.15. The lowest BCUT2D eigenvalue weighted by Crippen LogP contribution is -2.44. The van der Waals surface area contributed by atoms with Crippen LogP contribution in [-0.2, 0) is 11.3 Å². The Morgan fingerprint density at radius 2 is 2.37 bits per heavy atom. The predicted molar refractivity (Wildman–Crippen MR) is 68.6 cm³/mol. The molecule has 0 radical (unpaired) electrons. The van der Waals surface area contributed by atoms with Gasteiger partial charge in [-0.3, -0.25) is 9.69 Å². The van der Waals surface area contributed by atoms with Gasteiger partial charge in [-0.25, -0.2) is 0 Å². The highest BCUT2D eigenvalue weighted by molar-refractivity contribution is 5.82. The molecule has 3 rings (SSSR count). The van der Waals surface area contributed by atoms with E-state index in [0.29, 0.717) is 18.4 Å². The standard InChI is InChI=1S/C12H19N5O2/c1-16(2)12-14-10(19-15-12)7-17-5-3-4-8-9(17)6-13-11(8)18/h8-9H,3-7H2,1-2H3,(H,13,18)/t8-,9-/m1/s1. The zero-order chi connectivity index (χ0) is 13.4. The Hall–Kier alpha value is -1.63. The van der Waals surface area contributed by atoms with Crippen LogP contribution in [-0.4, -0.2) is 54.2 Å². The SMILES string of the molecule is CN(C)c1noc(CN2CCC[C@H]3C(=O)NC[C@H]32)n1. The van der Waals surface area contributed by atoms with E-state index < -0.39 is 0 Å². The number of carbonyl (C=O) groups is 1. The second-order valence-electron chi connectivity index (χ2n) is 5.41. The van der Waals surface area contributed by atoms with Crippen molar-refractivity contribution < 1.29 is 9.32 Å². The molecular formula is C12H19N5O2. The number of carbonyl (C=O) groups excluding carboxylic acids is 1. The number of hydrogen-bond donors (Lipinski definition) is 1. The fraction of sp³-hybridized carbons (Fsp3) is 0.750. The van der Waals surface area contributed by atoms with Crippen molar-refractivity contribution in [3.8, 4) is 0 Å². The van der Waals surface area contributed by atoms with Gasteiger partial charge in [-0.1, -0.05) is 0 Å². The van der Waals surface area contributed by atoms with E-state index in [9.17, 15) is 4.79 Å². The van der Waals surface area contributed by atoms with Crippen molar-refractivity contribution in [1.29, 1.82) is 0 Å². The molecule has 7 heteroatoms. The van der Waals surface area contributed by atoms with Crippen LogP contribution < -0.4 is 10.2 Å². The summed E-state index contributed by atoms with van der Waals surface area (Å²) in [7, 11) is 3.76. The number of aromatic nitrogens is 2. The summed E-state index contributed by atoms with van der Waals surface area (Å²) in [5, 5.41) is 6.86. The van der Waals surface area contributed by atoms with Gasteiger partial charge in [0.1, 0.15) is 0 Å². The van der Waals surface area contributed by atoms with Gasteiger partial charge in [0.05, 0.1) is 12.5 Å². The smallest absolute Gasteiger partial charge is 0.265 e. The Kier molecular flexibility index (Phi) is 3.14. The molecule has 0 spiro atoms. The maximum absolute atomic E-state index is 11.7. The number of likely N-dealkylation sites (tertiary alicyclic amines) is 1. The number of hydrogen-bond acceptors (Lipinski definition) is 6. The van der Waals surface area contributed by atoms with Crippen LogP contribution in [0.4, 0.5) is 5.95 Å². The number of rotatable bonds is 3. The molecule has 7 nitrogen and oxygen atoms in total. The van der Waals surface area contributed by atoms with Crippen LogP contribution in [0.3, 0.4) is 0 Å². The zero-order valence-corrected chi connectivity index (χ0v) is 11.3. The molecule has 0 bridgehead atoms. The summed E-state index contributed by atoms with van der Waals surface area (Å²) in [5.74, 6) is 1.52. The largest absolute Gasteiger partial charge is 0.354 e. The van der Waals surface area contributed by atoms with E-state index in [-0.39, 0.29) is 17.9 Å². The Balaban J connectivity index is 1.70. The maximum atomic E-state index is 11.7. The Morgan fingerprint density at radius 1 is 1.53 bits per heavy atom. The third-order valence-corrected chi connectivity index (χ3v) is 3.91. The molecule has 1 aromatic rings. The molecule has 2 aliphatic rings. The average molecular weight is 265 g/mol. The van der Waals surface area contributed by atoms with Gasteiger partial charge in [-0.15, -0.1) is 0 Å². The number of nitrogens with zero attached hydrogens (tertiary/aromatic N) is 4. The quantitative estimate of drug-likeness (QED) is 0.819. The van der Waals surface area contributed by atoms with E-state index in [1.165, 1.54) is 0 Å². The summed E-state index contributed by atoms with van der Waals surface area (Å²) in [6, 6.07) is 0.274. The minimum Gasteiger partial charge on any atom is -0.354 e. The Labute approximate surface area is 111 Å². The van der Waals surface area contributed by atoms with E-state index >= 15 is 0 Å². The molecule has 104 valence electrons. The fourth-order valence-electron chi connectivity index (χ4n) is 2.90. The van der Waals surface area contributed by atoms with Crippen LogP contribution >= 0.6 is 0 Å². The molecule has 19 heavy (non-hydrogen) atoms. The lowest BCUT2D eigenvalue weighted by molar-refractivity contribution is -0.124. The minimum atomic E-state index is 0.130. The fourth-order valence-corrected chi connectivity index (χ4v) is 2.90. The number of fused-ring (bicyclic) bond motifs is 1. The van der Waals surface area contributed by atoms with Gasteiger partial charge in [-0.2, -0.15) is 4.98 Å². The maximum Gasteiger partial charge on any atom is 0.265 e. The van der Waals surface area contributed by atoms with Crippen molar-refractivity contribution in [2.75, 3.05) is 32.1 Å². The van der Waals surface area contributed by atoms with Crippen LogP contribution in [0.5, 0.6) is 0 Å². The molecule has 1 N–H and O–H groups in total. The number of nitrogens with one attached hydrogen (secondary N) is 1. The normalized spacial score (nSPS) is 27.2. The zero-order valence-electron chi connectivity index (χ0n) is 11.3. The van der Waals surface area contributed by atoms with Gasteiger partial charge < -0.3 is 14.7 Å². The molecule has 2 fully saturated rings. The lowest BCUT2D eigenvalue weighted by atomic mass is 9.91. The predicted octanol–water partition coefficient (Wildman–Crippen LogP) is -0.154. The Bertz CT molecular complexity index is 472. The van der Waals surface area contributed by atoms with Crippen LogP contribution in [0, 0.1) is 5.92 Å². The summed E-state index contributed by atoms with van der Waals surface area (Å²) < 4.78 is 5.25. The summed E-state index contributed by atoms with van der Waals surface area (Å²) in [6.45, 7) is 2.34. The Morgan fingerprint density at radius 3 is 3.11 bits per heavy atom. The first-order valence-electron chi connectivity index (χ1n) is 6.67. The van der Waals surface area contributed by atoms with Crippen molar-refractivity contribution in [2.24, 2.45) is 5.92 Å². The molecule has 0 unspecified atom stereocenters. The van der Waals surface area contributed by atoms with E-state index in [2.05, 4.69) is 20.4 Å². The molecule has 0 saturated carbocycles. The monoisotopic (exact) mass is 265 g/mol. The first kappa shape index (κ1) is 12.4. The van der Waals surface area contributed by atoms with Crippen LogP contribution in [0.2, 0.25) is 0 Å². The second kappa shape index (κ2) is 4.80. The third kappa shape index (κ3) is 2.30. The number of piperidine rings is 1. The van der Waals surface area contributed by atoms with E-state index in [1.54, 1.807) is 0 Å². The molecular weight excluding hydrogens is 246 g/mol. The topological polar surface area (TPSA) is 74.5 Å². The van der Waals surface area contributed by atoms with Crippen LogP contribution in [0.25, 0.3) is 0 Å². The van der Waals surface area contributed by atoms with Crippen molar-refractivity contribution >= 4 is 11.9 Å². The molecule has 2 saturated heterocycles. The number of amides is 1. The second-order valence-corrected chi connectivity index (χ2v) is 5.41. The van der Waals surface area contributed by atoms with Gasteiger partial charge in [0.15, 0.2) is 0 Å². The highest BCUT2D eigenvalue weighted by atomic mass is 16.5. The van der Waals surface area contributed by atoms with Gasteiger partial charge in [0, 0.05) is 26.7 Å². The molecule has 1 aromatic heterocycles. The molecule has 2 atom stereocenters. The van der Waals surface area contributed by atoms with Gasteiger partial charge in [-0.05, 0) is 24.5 Å². The van der Waals surface area contributed by atoms with Gasteiger partial charge >= 0.3 is 0 Å². The average Bonchev–Trinajstić information content (AvgIpc) is 2.98. The van der Waals surface area contributed by atoms with Crippen molar-refractivity contribution in [2.45, 2.75) is 25.4 Å². The van der Waals surface area contributed by atoms with Gasteiger partial charge in [0.25, 0.3) is 5.95 Å². The summed E-state index contributed by atoms with van der Waals surface area (Å²) in [4.78, 5) is 20.1. The molecule has 0 aromatic carbocycles. The minimum absolute atomic E-state index is 0.130. The van der Waals surface area contributed by atoms with Gasteiger partial charge in [0.2, 0.25) is 11.8 Å². The molecule has 2 aliphatic heterocycles. The van der Waals surface area contributed by atoms with Crippen LogP contribution in [0.15, 0.2) is 4.52 Å². The summed E-state index contributed by atoms with van der Waals surface area (Å²) >= 11 is 0. The van der Waals surface area contributed by atoms with Crippen molar-refractivity contribution in [1.82, 2.24) is 20.4 Å². The highest BCUT2D eigenvalue weighted by Gasteiger charge is 2.41. The first-order valence-corrected chi connectivity index (χ1v) is 6.67. The summed E-state index contributed by atoms with van der Waals surface area (Å²) in [6.07, 6.45) is 2.03. The van der Waals surface area contributed by atoms with Crippen molar-refractivity contribution in [3.63, 3.8) is 0 Å².